The first kappa shape index (κ1) is 24.9. The first-order valence-corrected chi connectivity index (χ1v) is 12.4. The Bertz CT molecular complexity index is 1080. The van der Waals surface area contributed by atoms with Crippen LogP contribution < -0.4 is 19.7 Å². The fraction of sp³-hybridized carbons (Fsp3) is 0.500. The van der Waals surface area contributed by atoms with E-state index in [1.54, 1.807) is 14.2 Å². The molecule has 2 heterocycles. The van der Waals surface area contributed by atoms with Gasteiger partial charge in [-0.2, -0.15) is 0 Å². The fourth-order valence-corrected chi connectivity index (χ4v) is 5.34. The molecular weight excluding hydrogens is 442 g/mol. The van der Waals surface area contributed by atoms with E-state index >= 15 is 0 Å². The van der Waals surface area contributed by atoms with Crippen molar-refractivity contribution in [3.05, 3.63) is 53.1 Å². The Kier molecular flexibility index (Phi) is 7.53. The number of rotatable bonds is 8. The molecule has 7 nitrogen and oxygen atoms in total. The van der Waals surface area contributed by atoms with Crippen molar-refractivity contribution < 1.29 is 19.1 Å². The summed E-state index contributed by atoms with van der Waals surface area (Å²) in [7, 11) is 3.23. The van der Waals surface area contributed by atoms with Gasteiger partial charge in [-0.3, -0.25) is 9.59 Å². The molecule has 0 aromatic heterocycles. The predicted octanol–water partition coefficient (Wildman–Crippen LogP) is 3.64. The van der Waals surface area contributed by atoms with Crippen LogP contribution in [0.15, 0.2) is 36.4 Å². The molecule has 0 radical (unpaired) electrons. The molecule has 35 heavy (non-hydrogen) atoms. The Hall–Kier alpha value is -3.22. The van der Waals surface area contributed by atoms with Crippen molar-refractivity contribution >= 4 is 17.5 Å². The van der Waals surface area contributed by atoms with Gasteiger partial charge in [0, 0.05) is 50.2 Å². The quantitative estimate of drug-likeness (QED) is 0.626. The lowest BCUT2D eigenvalue weighted by atomic mass is 9.84. The second-order valence-electron chi connectivity index (χ2n) is 9.78. The Morgan fingerprint density at radius 1 is 1.03 bits per heavy atom. The Labute approximate surface area is 208 Å². The van der Waals surface area contributed by atoms with E-state index in [4.69, 9.17) is 9.47 Å². The lowest BCUT2D eigenvalue weighted by molar-refractivity contribution is -0.132. The van der Waals surface area contributed by atoms with E-state index in [0.29, 0.717) is 37.2 Å². The molecule has 2 amide bonds. The highest BCUT2D eigenvalue weighted by Crippen LogP contribution is 2.34. The third kappa shape index (κ3) is 5.55. The minimum atomic E-state index is -0.410. The van der Waals surface area contributed by atoms with Crippen molar-refractivity contribution in [1.82, 2.24) is 10.2 Å². The van der Waals surface area contributed by atoms with Gasteiger partial charge in [-0.15, -0.1) is 0 Å². The maximum absolute atomic E-state index is 13.1. The lowest BCUT2D eigenvalue weighted by Gasteiger charge is -2.38. The number of methoxy groups -OCH3 is 2. The summed E-state index contributed by atoms with van der Waals surface area (Å²) in [6.07, 6.45) is 2.94. The van der Waals surface area contributed by atoms with Gasteiger partial charge in [0.2, 0.25) is 11.8 Å². The normalized spacial score (nSPS) is 20.1. The van der Waals surface area contributed by atoms with E-state index < -0.39 is 5.54 Å². The van der Waals surface area contributed by atoms with Gasteiger partial charge in [0.1, 0.15) is 0 Å². The molecule has 0 spiro atoms. The van der Waals surface area contributed by atoms with Crippen molar-refractivity contribution in [2.45, 2.75) is 51.5 Å². The molecule has 2 saturated heterocycles. The van der Waals surface area contributed by atoms with Crippen LogP contribution in [0.25, 0.3) is 0 Å². The molecule has 0 bridgehead atoms. The zero-order valence-electron chi connectivity index (χ0n) is 21.4. The summed E-state index contributed by atoms with van der Waals surface area (Å²) < 4.78 is 10.8. The molecule has 0 saturated carbocycles. The number of carbonyl (C=O) groups is 2. The molecular formula is C28H37N3O4. The average molecular weight is 480 g/mol. The van der Waals surface area contributed by atoms with E-state index in [1.807, 2.05) is 23.1 Å². The van der Waals surface area contributed by atoms with Crippen LogP contribution in [-0.4, -0.2) is 62.7 Å². The van der Waals surface area contributed by atoms with E-state index in [1.165, 1.54) is 16.8 Å². The fourth-order valence-electron chi connectivity index (χ4n) is 5.34. The highest BCUT2D eigenvalue weighted by Gasteiger charge is 2.38. The Morgan fingerprint density at radius 3 is 2.43 bits per heavy atom. The van der Waals surface area contributed by atoms with Crippen LogP contribution in [-0.2, 0) is 16.0 Å². The molecule has 0 unspecified atom stereocenters. The lowest BCUT2D eigenvalue weighted by Crippen LogP contribution is -2.50. The molecule has 2 aromatic rings. The van der Waals surface area contributed by atoms with Crippen LogP contribution in [0.2, 0.25) is 0 Å². The molecule has 1 atom stereocenters. The summed E-state index contributed by atoms with van der Waals surface area (Å²) in [5.74, 6) is 1.57. The Balaban J connectivity index is 1.37. The summed E-state index contributed by atoms with van der Waals surface area (Å²) in [4.78, 5) is 29.7. The molecule has 4 rings (SSSR count). The summed E-state index contributed by atoms with van der Waals surface area (Å²) >= 11 is 0. The number of piperazine rings is 1. The molecule has 2 aliphatic heterocycles. The smallest absolute Gasteiger partial charge is 0.222 e. The molecule has 2 fully saturated rings. The van der Waals surface area contributed by atoms with Crippen LogP contribution in [0.3, 0.4) is 0 Å². The van der Waals surface area contributed by atoms with Gasteiger partial charge in [0.15, 0.2) is 11.5 Å². The molecule has 0 aliphatic carbocycles. The van der Waals surface area contributed by atoms with Crippen LogP contribution in [0.4, 0.5) is 5.69 Å². The second-order valence-corrected chi connectivity index (χ2v) is 9.78. The van der Waals surface area contributed by atoms with Gasteiger partial charge in [0.25, 0.3) is 0 Å². The Morgan fingerprint density at radius 2 is 1.77 bits per heavy atom. The van der Waals surface area contributed by atoms with Gasteiger partial charge >= 0.3 is 0 Å². The number of nitrogens with zero attached hydrogens (tertiary/aromatic N) is 2. The van der Waals surface area contributed by atoms with Gasteiger partial charge in [-0.25, -0.2) is 0 Å². The first-order chi connectivity index (χ1) is 16.8. The topological polar surface area (TPSA) is 71.1 Å². The maximum Gasteiger partial charge on any atom is 0.222 e. The summed E-state index contributed by atoms with van der Waals surface area (Å²) in [5, 5.41) is 3.19. The van der Waals surface area contributed by atoms with Crippen LogP contribution in [0.5, 0.6) is 11.5 Å². The highest BCUT2D eigenvalue weighted by molar-refractivity contribution is 5.80. The average Bonchev–Trinajstić information content (AvgIpc) is 3.24. The first-order valence-electron chi connectivity index (χ1n) is 12.4. The van der Waals surface area contributed by atoms with Crippen LogP contribution >= 0.6 is 0 Å². The minimum absolute atomic E-state index is 0.0556. The molecule has 2 aromatic carbocycles. The number of benzene rings is 2. The predicted molar refractivity (Wildman–Crippen MR) is 137 cm³/mol. The third-order valence-electron chi connectivity index (χ3n) is 7.59. The van der Waals surface area contributed by atoms with E-state index in [-0.39, 0.29) is 11.8 Å². The van der Waals surface area contributed by atoms with Crippen LogP contribution in [0, 0.1) is 13.8 Å². The van der Waals surface area contributed by atoms with Crippen molar-refractivity contribution in [3.63, 3.8) is 0 Å². The SMILES string of the molecule is COc1ccc(C[C@@]2(CCC(=O)N3CCN(c4cccc(C)c4C)CC3)CCC(=O)N2)cc1OC. The van der Waals surface area contributed by atoms with Crippen molar-refractivity contribution in [2.24, 2.45) is 0 Å². The van der Waals surface area contributed by atoms with Crippen LogP contribution in [0.1, 0.15) is 42.4 Å². The third-order valence-corrected chi connectivity index (χ3v) is 7.59. The number of amides is 2. The number of carbonyl (C=O) groups excluding carboxylic acids is 2. The highest BCUT2D eigenvalue weighted by atomic mass is 16.5. The number of anilines is 1. The number of aryl methyl sites for hydroxylation is 1. The van der Waals surface area contributed by atoms with Crippen molar-refractivity contribution in [1.29, 1.82) is 0 Å². The summed E-state index contributed by atoms with van der Waals surface area (Å²) in [6, 6.07) is 12.3. The zero-order valence-corrected chi connectivity index (χ0v) is 21.4. The monoisotopic (exact) mass is 479 g/mol. The molecule has 2 aliphatic rings. The minimum Gasteiger partial charge on any atom is -0.493 e. The number of hydrogen-bond donors (Lipinski definition) is 1. The molecule has 7 heteroatoms. The van der Waals surface area contributed by atoms with E-state index in [9.17, 15) is 9.59 Å². The largest absolute Gasteiger partial charge is 0.493 e. The van der Waals surface area contributed by atoms with Gasteiger partial charge < -0.3 is 24.6 Å². The number of hydrogen-bond acceptors (Lipinski definition) is 5. The number of nitrogens with one attached hydrogen (secondary N) is 1. The van der Waals surface area contributed by atoms with Gasteiger partial charge in [-0.05, 0) is 68.0 Å². The standard InChI is InChI=1S/C28H37N3O4/c1-20-6-5-7-23(21(20)2)30-14-16-31(17-15-30)27(33)11-13-28(12-10-26(32)29-28)19-22-8-9-24(34-3)25(18-22)35-4/h5-9,18H,10-17,19H2,1-4H3,(H,29,32)/t28-/m0/s1. The van der Waals surface area contributed by atoms with Gasteiger partial charge in [-0.1, -0.05) is 18.2 Å². The molecule has 1 N–H and O–H groups in total. The van der Waals surface area contributed by atoms with E-state index in [0.717, 1.165) is 38.2 Å². The van der Waals surface area contributed by atoms with Crippen molar-refractivity contribution in [3.8, 4) is 11.5 Å². The van der Waals surface area contributed by atoms with Gasteiger partial charge in [0.05, 0.1) is 14.2 Å². The van der Waals surface area contributed by atoms with Crippen molar-refractivity contribution in [2.75, 3.05) is 45.3 Å². The summed E-state index contributed by atoms with van der Waals surface area (Å²) in [6.45, 7) is 7.42. The van der Waals surface area contributed by atoms with E-state index in [2.05, 4.69) is 42.3 Å². The second kappa shape index (κ2) is 10.6. The molecule has 188 valence electrons. The number of ether oxygens (including phenoxy) is 2. The maximum atomic E-state index is 13.1. The zero-order chi connectivity index (χ0) is 25.0. The summed E-state index contributed by atoms with van der Waals surface area (Å²) in [5.41, 5.74) is 4.51.